The van der Waals surface area contributed by atoms with E-state index in [1.54, 1.807) is 0 Å². The van der Waals surface area contributed by atoms with Gasteiger partial charge in [-0.25, -0.2) is 0 Å². The van der Waals surface area contributed by atoms with Gasteiger partial charge >= 0.3 is 0 Å². The third-order valence-electron chi connectivity index (χ3n) is 2.42. The molecule has 0 aromatic rings. The Morgan fingerprint density at radius 3 is 3.07 bits per heavy atom. The summed E-state index contributed by atoms with van der Waals surface area (Å²) in [5.74, 6) is 0.355. The fraction of sp³-hybridized carbons (Fsp3) is 0.778. The number of hydrogen-bond donors (Lipinski definition) is 2. The van der Waals surface area contributed by atoms with Crippen molar-refractivity contribution in [2.45, 2.75) is 13.3 Å². The van der Waals surface area contributed by atoms with Crippen molar-refractivity contribution in [3.63, 3.8) is 0 Å². The quantitative estimate of drug-likeness (QED) is 0.636. The normalized spacial score (nSPS) is 21.1. The minimum Gasteiger partial charge on any atom is -0.393 e. The molecule has 0 saturated carbocycles. The van der Waals surface area contributed by atoms with Crippen LogP contribution in [0.2, 0.25) is 0 Å². The molecule has 1 fully saturated rings. The van der Waals surface area contributed by atoms with E-state index in [1.165, 1.54) is 0 Å². The number of nitrogens with two attached hydrogens (primary N) is 1. The first-order chi connectivity index (χ1) is 6.59. The monoisotopic (exact) mass is 215 g/mol. The number of nitrogens with zero attached hydrogens (tertiary/aromatic N) is 1. The Morgan fingerprint density at radius 1 is 1.71 bits per heavy atom. The van der Waals surface area contributed by atoms with Crippen LogP contribution in [0.4, 0.5) is 0 Å². The van der Waals surface area contributed by atoms with Crippen LogP contribution in [-0.4, -0.2) is 42.0 Å². The zero-order valence-electron chi connectivity index (χ0n) is 8.45. The third-order valence-corrected chi connectivity index (χ3v) is 2.83. The highest BCUT2D eigenvalue weighted by Gasteiger charge is 2.16. The molecule has 1 saturated heterocycles. The predicted molar refractivity (Wildman–Crippen MR) is 60.0 cm³/mol. The van der Waals surface area contributed by atoms with Gasteiger partial charge in [0.1, 0.15) is 0 Å². The van der Waals surface area contributed by atoms with Crippen LogP contribution in [0, 0.1) is 5.92 Å². The van der Waals surface area contributed by atoms with E-state index in [4.69, 9.17) is 18.0 Å². The molecule has 14 heavy (non-hydrogen) atoms. The topological polar surface area (TPSA) is 58.4 Å². The summed E-state index contributed by atoms with van der Waals surface area (Å²) < 4.78 is 0. The van der Waals surface area contributed by atoms with Crippen molar-refractivity contribution >= 4 is 23.1 Å². The second-order valence-corrected chi connectivity index (χ2v) is 4.18. The first kappa shape index (κ1) is 11.4. The molecule has 1 unspecified atom stereocenters. The molecule has 1 aliphatic rings. The first-order valence-electron chi connectivity index (χ1n) is 4.88. The molecule has 1 amide bonds. The molecule has 0 radical (unpaired) electrons. The second kappa shape index (κ2) is 5.26. The Hall–Kier alpha value is -0.680. The lowest BCUT2D eigenvalue weighted by atomic mass is 10.1. The van der Waals surface area contributed by atoms with Gasteiger partial charge in [-0.15, -0.1) is 0 Å². The zero-order chi connectivity index (χ0) is 10.6. The van der Waals surface area contributed by atoms with E-state index in [9.17, 15) is 4.79 Å². The van der Waals surface area contributed by atoms with Gasteiger partial charge in [-0.05, 0) is 0 Å². The minimum atomic E-state index is 0.135. The molecular formula is C9H17N3OS. The lowest BCUT2D eigenvalue weighted by Gasteiger charge is -2.22. The number of hydrogen-bond acceptors (Lipinski definition) is 3. The van der Waals surface area contributed by atoms with E-state index in [-0.39, 0.29) is 11.8 Å². The van der Waals surface area contributed by atoms with Crippen LogP contribution >= 0.6 is 12.2 Å². The summed E-state index contributed by atoms with van der Waals surface area (Å²) in [5, 5.41) is 2.83. The molecule has 0 aromatic heterocycles. The van der Waals surface area contributed by atoms with E-state index >= 15 is 0 Å². The Balaban J connectivity index is 2.37. The molecular weight excluding hydrogens is 198 g/mol. The van der Waals surface area contributed by atoms with Crippen molar-refractivity contribution in [2.24, 2.45) is 11.7 Å². The molecule has 1 aliphatic heterocycles. The van der Waals surface area contributed by atoms with E-state index in [2.05, 4.69) is 10.2 Å². The summed E-state index contributed by atoms with van der Waals surface area (Å²) in [4.78, 5) is 13.8. The molecule has 0 bridgehead atoms. The molecule has 1 heterocycles. The van der Waals surface area contributed by atoms with Crippen LogP contribution in [0.3, 0.4) is 0 Å². The standard InChI is InChI=1S/C9H17N3OS/c1-7(9(10)14)6-12-4-2-8(13)11-3-5-12/h7H,2-6H2,1H3,(H2,10,14)(H,11,13). The summed E-state index contributed by atoms with van der Waals surface area (Å²) in [6, 6.07) is 0. The van der Waals surface area contributed by atoms with Crippen LogP contribution in [0.5, 0.6) is 0 Å². The average molecular weight is 215 g/mol. The van der Waals surface area contributed by atoms with Gasteiger partial charge in [-0.1, -0.05) is 19.1 Å². The number of nitrogens with one attached hydrogen (secondary N) is 1. The lowest BCUT2D eigenvalue weighted by Crippen LogP contribution is -2.36. The highest BCUT2D eigenvalue weighted by Crippen LogP contribution is 2.03. The van der Waals surface area contributed by atoms with Crippen LogP contribution in [0.1, 0.15) is 13.3 Å². The second-order valence-electron chi connectivity index (χ2n) is 3.70. The fourth-order valence-corrected chi connectivity index (χ4v) is 1.55. The molecule has 0 spiro atoms. The largest absolute Gasteiger partial charge is 0.393 e. The molecule has 80 valence electrons. The molecule has 0 aromatic carbocycles. The summed E-state index contributed by atoms with van der Waals surface area (Å²) in [6.45, 7) is 5.28. The lowest BCUT2D eigenvalue weighted by molar-refractivity contribution is -0.120. The highest BCUT2D eigenvalue weighted by molar-refractivity contribution is 7.80. The van der Waals surface area contributed by atoms with Crippen molar-refractivity contribution in [3.05, 3.63) is 0 Å². The number of thiocarbonyl (C=S) groups is 1. The van der Waals surface area contributed by atoms with Crippen LogP contribution in [0.15, 0.2) is 0 Å². The number of amides is 1. The Morgan fingerprint density at radius 2 is 2.43 bits per heavy atom. The molecule has 5 heteroatoms. The molecule has 3 N–H and O–H groups in total. The molecule has 1 rings (SSSR count). The average Bonchev–Trinajstić information content (AvgIpc) is 2.31. The fourth-order valence-electron chi connectivity index (χ4n) is 1.47. The molecule has 1 atom stereocenters. The third kappa shape index (κ3) is 3.59. The Kier molecular flexibility index (Phi) is 4.28. The van der Waals surface area contributed by atoms with Crippen molar-refractivity contribution in [1.82, 2.24) is 10.2 Å². The molecule has 0 aliphatic carbocycles. The maximum Gasteiger partial charge on any atom is 0.221 e. The maximum absolute atomic E-state index is 11.1. The van der Waals surface area contributed by atoms with Crippen LogP contribution in [0.25, 0.3) is 0 Å². The van der Waals surface area contributed by atoms with Gasteiger partial charge in [0.2, 0.25) is 5.91 Å². The molecule has 4 nitrogen and oxygen atoms in total. The van der Waals surface area contributed by atoms with Crippen molar-refractivity contribution in [1.29, 1.82) is 0 Å². The van der Waals surface area contributed by atoms with Crippen LogP contribution in [-0.2, 0) is 4.79 Å². The first-order valence-corrected chi connectivity index (χ1v) is 5.29. The van der Waals surface area contributed by atoms with Crippen LogP contribution < -0.4 is 11.1 Å². The summed E-state index contributed by atoms with van der Waals surface area (Å²) in [5.41, 5.74) is 5.54. The van der Waals surface area contributed by atoms with Crippen molar-refractivity contribution in [2.75, 3.05) is 26.2 Å². The van der Waals surface area contributed by atoms with E-state index in [1.807, 2.05) is 6.92 Å². The van der Waals surface area contributed by atoms with Crippen molar-refractivity contribution < 1.29 is 4.79 Å². The van der Waals surface area contributed by atoms with Gasteiger partial charge in [0.05, 0.1) is 4.99 Å². The summed E-state index contributed by atoms with van der Waals surface area (Å²) in [6.07, 6.45) is 0.573. The van der Waals surface area contributed by atoms with Gasteiger partial charge in [0.15, 0.2) is 0 Å². The van der Waals surface area contributed by atoms with E-state index < -0.39 is 0 Å². The SMILES string of the molecule is CC(CN1CCNC(=O)CC1)C(N)=S. The number of carbonyl (C=O) groups excluding carboxylic acids is 1. The van der Waals surface area contributed by atoms with Crippen molar-refractivity contribution in [3.8, 4) is 0 Å². The zero-order valence-corrected chi connectivity index (χ0v) is 9.27. The number of rotatable bonds is 3. The minimum absolute atomic E-state index is 0.135. The van der Waals surface area contributed by atoms with E-state index in [0.717, 1.165) is 26.2 Å². The predicted octanol–water partition coefficient (Wildman–Crippen LogP) is -0.269. The highest BCUT2D eigenvalue weighted by atomic mass is 32.1. The number of carbonyl (C=O) groups is 1. The van der Waals surface area contributed by atoms with Gasteiger partial charge < -0.3 is 16.0 Å². The maximum atomic E-state index is 11.1. The van der Waals surface area contributed by atoms with Gasteiger partial charge in [0.25, 0.3) is 0 Å². The van der Waals surface area contributed by atoms with E-state index in [0.29, 0.717) is 11.4 Å². The Labute approximate surface area is 89.8 Å². The summed E-state index contributed by atoms with van der Waals surface area (Å²) in [7, 11) is 0. The van der Waals surface area contributed by atoms with Gasteiger partial charge in [0, 0.05) is 38.5 Å². The van der Waals surface area contributed by atoms with Gasteiger partial charge in [-0.2, -0.15) is 0 Å². The smallest absolute Gasteiger partial charge is 0.221 e. The Bertz CT molecular complexity index is 232. The van der Waals surface area contributed by atoms with Gasteiger partial charge in [-0.3, -0.25) is 4.79 Å². The summed E-state index contributed by atoms with van der Waals surface area (Å²) >= 11 is 4.91.